The number of rotatable bonds is 4. The molecule has 2 nitrogen and oxygen atoms in total. The van der Waals surface area contributed by atoms with Crippen LogP contribution in [-0.2, 0) is 11.3 Å². The van der Waals surface area contributed by atoms with Crippen LogP contribution in [0.1, 0.15) is 43.2 Å². The fourth-order valence-electron chi connectivity index (χ4n) is 2.57. The van der Waals surface area contributed by atoms with Gasteiger partial charge in [-0.3, -0.25) is 0 Å². The van der Waals surface area contributed by atoms with Crippen LogP contribution in [0, 0.1) is 0 Å². The van der Waals surface area contributed by atoms with Gasteiger partial charge in [0.25, 0.3) is 0 Å². The van der Waals surface area contributed by atoms with Gasteiger partial charge in [-0.05, 0) is 43.2 Å². The normalized spacial score (nSPS) is 28.5. The molecule has 2 aliphatic rings. The molecule has 3 rings (SSSR count). The molecule has 0 aromatic heterocycles. The number of benzene rings is 1. The van der Waals surface area contributed by atoms with Gasteiger partial charge in [-0.1, -0.05) is 24.3 Å². The molecule has 0 spiro atoms. The number of ether oxygens (including phenoxy) is 1. The second-order valence-electron chi connectivity index (χ2n) is 5.37. The second kappa shape index (κ2) is 4.79. The molecule has 1 aliphatic carbocycles. The van der Waals surface area contributed by atoms with Crippen molar-refractivity contribution in [2.24, 2.45) is 0 Å². The van der Waals surface area contributed by atoms with E-state index in [-0.39, 0.29) is 0 Å². The van der Waals surface area contributed by atoms with E-state index < -0.39 is 0 Å². The molecule has 1 saturated heterocycles. The van der Waals surface area contributed by atoms with Crippen molar-refractivity contribution in [2.75, 3.05) is 6.61 Å². The Hall–Kier alpha value is -0.860. The fourth-order valence-corrected chi connectivity index (χ4v) is 2.57. The highest BCUT2D eigenvalue weighted by Gasteiger charge is 2.24. The zero-order valence-electron chi connectivity index (χ0n) is 10.5. The van der Waals surface area contributed by atoms with Gasteiger partial charge in [0.1, 0.15) is 0 Å². The standard InChI is InChI=1S/C15H21NO/c1-11-15(8-9-17-11)16-10-12-2-4-13(5-3-12)14-6-7-14/h2-5,11,14-16H,6-10H2,1H3. The lowest BCUT2D eigenvalue weighted by Gasteiger charge is -2.16. The van der Waals surface area contributed by atoms with Crippen LogP contribution >= 0.6 is 0 Å². The lowest BCUT2D eigenvalue weighted by molar-refractivity contribution is 0.113. The van der Waals surface area contributed by atoms with Crippen LogP contribution in [0.2, 0.25) is 0 Å². The van der Waals surface area contributed by atoms with Crippen molar-refractivity contribution in [2.45, 2.75) is 50.8 Å². The third-order valence-corrected chi connectivity index (χ3v) is 3.97. The molecule has 17 heavy (non-hydrogen) atoms. The topological polar surface area (TPSA) is 21.3 Å². The smallest absolute Gasteiger partial charge is 0.0700 e. The minimum atomic E-state index is 0.362. The molecule has 92 valence electrons. The summed E-state index contributed by atoms with van der Waals surface area (Å²) in [4.78, 5) is 0. The molecule has 1 saturated carbocycles. The minimum absolute atomic E-state index is 0.362. The van der Waals surface area contributed by atoms with E-state index in [1.807, 2.05) is 0 Å². The highest BCUT2D eigenvalue weighted by Crippen LogP contribution is 2.39. The third-order valence-electron chi connectivity index (χ3n) is 3.97. The zero-order valence-corrected chi connectivity index (χ0v) is 10.5. The fraction of sp³-hybridized carbons (Fsp3) is 0.600. The van der Waals surface area contributed by atoms with E-state index in [9.17, 15) is 0 Å². The van der Waals surface area contributed by atoms with Crippen LogP contribution < -0.4 is 5.32 Å². The van der Waals surface area contributed by atoms with Crippen molar-refractivity contribution in [1.82, 2.24) is 5.32 Å². The molecule has 0 amide bonds. The Morgan fingerprint density at radius 1 is 1.18 bits per heavy atom. The highest BCUT2D eigenvalue weighted by molar-refractivity contribution is 5.28. The van der Waals surface area contributed by atoms with Gasteiger partial charge >= 0.3 is 0 Å². The largest absolute Gasteiger partial charge is 0.377 e. The summed E-state index contributed by atoms with van der Waals surface area (Å²) in [6.45, 7) is 4.02. The Morgan fingerprint density at radius 2 is 1.94 bits per heavy atom. The summed E-state index contributed by atoms with van der Waals surface area (Å²) in [7, 11) is 0. The lowest BCUT2D eigenvalue weighted by atomic mass is 10.1. The summed E-state index contributed by atoms with van der Waals surface area (Å²) < 4.78 is 5.55. The molecule has 2 atom stereocenters. The van der Waals surface area contributed by atoms with Gasteiger partial charge < -0.3 is 10.1 Å². The van der Waals surface area contributed by atoms with Gasteiger partial charge in [0.05, 0.1) is 6.10 Å². The van der Waals surface area contributed by atoms with E-state index in [2.05, 4.69) is 36.5 Å². The van der Waals surface area contributed by atoms with Gasteiger partial charge in [-0.2, -0.15) is 0 Å². The highest BCUT2D eigenvalue weighted by atomic mass is 16.5. The molecular weight excluding hydrogens is 210 g/mol. The quantitative estimate of drug-likeness (QED) is 0.860. The number of hydrogen-bond acceptors (Lipinski definition) is 2. The van der Waals surface area contributed by atoms with E-state index in [4.69, 9.17) is 4.74 Å². The summed E-state index contributed by atoms with van der Waals surface area (Å²) in [6.07, 6.45) is 4.27. The van der Waals surface area contributed by atoms with E-state index in [0.29, 0.717) is 12.1 Å². The molecule has 1 aliphatic heterocycles. The van der Waals surface area contributed by atoms with Gasteiger partial charge in [-0.25, -0.2) is 0 Å². The molecule has 2 heteroatoms. The minimum Gasteiger partial charge on any atom is -0.377 e. The maximum absolute atomic E-state index is 5.55. The van der Waals surface area contributed by atoms with E-state index in [1.54, 1.807) is 0 Å². The third kappa shape index (κ3) is 2.70. The Labute approximate surface area is 103 Å². The molecule has 2 unspecified atom stereocenters. The van der Waals surface area contributed by atoms with Crippen molar-refractivity contribution < 1.29 is 4.74 Å². The van der Waals surface area contributed by atoms with Crippen molar-refractivity contribution in [1.29, 1.82) is 0 Å². The Bertz CT molecular complexity index is 369. The average molecular weight is 231 g/mol. The lowest BCUT2D eigenvalue weighted by Crippen LogP contribution is -2.34. The van der Waals surface area contributed by atoms with Crippen LogP contribution in [0.4, 0.5) is 0 Å². The summed E-state index contributed by atoms with van der Waals surface area (Å²) in [6, 6.07) is 9.65. The molecular formula is C15H21NO. The maximum atomic E-state index is 5.55. The van der Waals surface area contributed by atoms with Gasteiger partial charge in [0, 0.05) is 19.2 Å². The monoisotopic (exact) mass is 231 g/mol. The van der Waals surface area contributed by atoms with Crippen molar-refractivity contribution in [3.8, 4) is 0 Å². The Morgan fingerprint density at radius 3 is 2.53 bits per heavy atom. The summed E-state index contributed by atoms with van der Waals surface area (Å²) >= 11 is 0. The zero-order chi connectivity index (χ0) is 11.7. The summed E-state index contributed by atoms with van der Waals surface area (Å²) in [5.41, 5.74) is 2.90. The van der Waals surface area contributed by atoms with Crippen LogP contribution in [-0.4, -0.2) is 18.8 Å². The average Bonchev–Trinajstić information content (AvgIpc) is 3.12. The first-order valence-corrected chi connectivity index (χ1v) is 6.77. The molecule has 0 radical (unpaired) electrons. The van der Waals surface area contributed by atoms with Gasteiger partial charge in [0.2, 0.25) is 0 Å². The summed E-state index contributed by atoms with van der Waals surface area (Å²) in [5, 5.41) is 3.59. The van der Waals surface area contributed by atoms with E-state index in [0.717, 1.165) is 25.5 Å². The molecule has 1 aromatic rings. The Kier molecular flexibility index (Phi) is 3.17. The summed E-state index contributed by atoms with van der Waals surface area (Å²) in [5.74, 6) is 0.861. The van der Waals surface area contributed by atoms with Crippen LogP contribution in [0.3, 0.4) is 0 Å². The molecule has 1 heterocycles. The van der Waals surface area contributed by atoms with Gasteiger partial charge in [0.15, 0.2) is 0 Å². The van der Waals surface area contributed by atoms with Crippen molar-refractivity contribution >= 4 is 0 Å². The van der Waals surface area contributed by atoms with Gasteiger partial charge in [-0.15, -0.1) is 0 Å². The molecule has 2 fully saturated rings. The number of nitrogens with one attached hydrogen (secondary N) is 1. The van der Waals surface area contributed by atoms with E-state index in [1.165, 1.54) is 24.0 Å². The van der Waals surface area contributed by atoms with Crippen molar-refractivity contribution in [3.05, 3.63) is 35.4 Å². The van der Waals surface area contributed by atoms with Crippen LogP contribution in [0.5, 0.6) is 0 Å². The Balaban J connectivity index is 1.53. The van der Waals surface area contributed by atoms with E-state index >= 15 is 0 Å². The number of hydrogen-bond donors (Lipinski definition) is 1. The first-order valence-electron chi connectivity index (χ1n) is 6.77. The molecule has 1 aromatic carbocycles. The molecule has 1 N–H and O–H groups in total. The maximum Gasteiger partial charge on any atom is 0.0700 e. The first kappa shape index (κ1) is 11.2. The van der Waals surface area contributed by atoms with Crippen molar-refractivity contribution in [3.63, 3.8) is 0 Å². The predicted molar refractivity (Wildman–Crippen MR) is 69.1 cm³/mol. The second-order valence-corrected chi connectivity index (χ2v) is 5.37. The predicted octanol–water partition coefficient (Wildman–Crippen LogP) is 2.83. The molecule has 0 bridgehead atoms. The first-order chi connectivity index (χ1) is 8.33. The van der Waals surface area contributed by atoms with Crippen LogP contribution in [0.25, 0.3) is 0 Å². The SMILES string of the molecule is CC1OCCC1NCc1ccc(C2CC2)cc1. The van der Waals surface area contributed by atoms with Crippen LogP contribution in [0.15, 0.2) is 24.3 Å².